The van der Waals surface area contributed by atoms with E-state index in [0.717, 1.165) is 6.42 Å². The molecule has 2 N–H and O–H groups in total. The second-order valence-electron chi connectivity index (χ2n) is 5.97. The molecule has 0 aromatic carbocycles. The summed E-state index contributed by atoms with van der Waals surface area (Å²) in [6.45, 7) is 2.35. The van der Waals surface area contributed by atoms with E-state index in [9.17, 15) is 14.7 Å². The molecular formula is C14H23NO4. The molecule has 19 heavy (non-hydrogen) atoms. The minimum atomic E-state index is -1.21. The fraction of sp³-hybridized carbons (Fsp3) is 0.857. The normalized spacial score (nSPS) is 29.3. The van der Waals surface area contributed by atoms with Crippen molar-refractivity contribution in [2.24, 2.45) is 11.8 Å². The van der Waals surface area contributed by atoms with Crippen LogP contribution in [0.15, 0.2) is 0 Å². The Morgan fingerprint density at radius 2 is 2.11 bits per heavy atom. The third-order valence-electron chi connectivity index (χ3n) is 4.40. The number of hydrogen-bond donors (Lipinski definition) is 2. The van der Waals surface area contributed by atoms with Gasteiger partial charge in [0.2, 0.25) is 5.91 Å². The monoisotopic (exact) mass is 269 g/mol. The summed E-state index contributed by atoms with van der Waals surface area (Å²) in [7, 11) is 0. The second kappa shape index (κ2) is 5.90. The maximum absolute atomic E-state index is 12.2. The molecule has 1 aliphatic heterocycles. The van der Waals surface area contributed by atoms with Crippen LogP contribution in [0.4, 0.5) is 0 Å². The lowest BCUT2D eigenvalue weighted by molar-refractivity contribution is -0.148. The maximum atomic E-state index is 12.2. The first kappa shape index (κ1) is 14.3. The van der Waals surface area contributed by atoms with E-state index >= 15 is 0 Å². The number of carboxylic acids is 1. The molecule has 5 heteroatoms. The van der Waals surface area contributed by atoms with Gasteiger partial charge < -0.3 is 15.2 Å². The van der Waals surface area contributed by atoms with E-state index in [4.69, 9.17) is 4.74 Å². The van der Waals surface area contributed by atoms with Crippen LogP contribution in [0.1, 0.15) is 45.4 Å². The predicted molar refractivity (Wildman–Crippen MR) is 69.7 cm³/mol. The van der Waals surface area contributed by atoms with Crippen LogP contribution in [0.3, 0.4) is 0 Å². The Hall–Kier alpha value is -1.10. The molecular weight excluding hydrogens is 246 g/mol. The van der Waals surface area contributed by atoms with Gasteiger partial charge in [-0.05, 0) is 12.3 Å². The van der Waals surface area contributed by atoms with Gasteiger partial charge in [-0.3, -0.25) is 4.79 Å². The summed E-state index contributed by atoms with van der Waals surface area (Å²) in [6.07, 6.45) is 6.13. The zero-order valence-corrected chi connectivity index (χ0v) is 11.5. The third kappa shape index (κ3) is 3.26. The highest BCUT2D eigenvalue weighted by Crippen LogP contribution is 2.30. The van der Waals surface area contributed by atoms with E-state index in [0.29, 0.717) is 18.9 Å². The topological polar surface area (TPSA) is 75.6 Å². The summed E-state index contributed by atoms with van der Waals surface area (Å²) < 4.78 is 5.14. The van der Waals surface area contributed by atoms with E-state index in [2.05, 4.69) is 5.32 Å². The molecule has 1 aliphatic carbocycles. The van der Waals surface area contributed by atoms with Crippen LogP contribution in [0, 0.1) is 11.8 Å². The SMILES string of the molecule is CC(CC1CCCC1)C(=O)NC1(C(=O)O)CCOC1. The molecule has 108 valence electrons. The molecule has 0 radical (unpaired) electrons. The van der Waals surface area contributed by atoms with Crippen molar-refractivity contribution in [3.05, 3.63) is 0 Å². The van der Waals surface area contributed by atoms with Crippen molar-refractivity contribution in [1.29, 1.82) is 0 Å². The molecule has 1 saturated heterocycles. The molecule has 0 aromatic rings. The van der Waals surface area contributed by atoms with Crippen LogP contribution in [-0.4, -0.2) is 35.7 Å². The van der Waals surface area contributed by atoms with Gasteiger partial charge in [0.15, 0.2) is 5.54 Å². The average molecular weight is 269 g/mol. The molecule has 2 atom stereocenters. The van der Waals surface area contributed by atoms with Crippen molar-refractivity contribution >= 4 is 11.9 Å². The summed E-state index contributed by atoms with van der Waals surface area (Å²) >= 11 is 0. The number of ether oxygens (including phenoxy) is 1. The molecule has 2 aliphatic rings. The van der Waals surface area contributed by atoms with Crippen molar-refractivity contribution in [1.82, 2.24) is 5.32 Å². The molecule has 1 heterocycles. The Labute approximate surface area is 113 Å². The molecule has 0 aromatic heterocycles. The first-order valence-corrected chi connectivity index (χ1v) is 7.17. The van der Waals surface area contributed by atoms with Crippen molar-refractivity contribution in [3.63, 3.8) is 0 Å². The van der Waals surface area contributed by atoms with Crippen LogP contribution in [0.2, 0.25) is 0 Å². The lowest BCUT2D eigenvalue weighted by atomic mass is 9.92. The average Bonchev–Trinajstić information content (AvgIpc) is 3.00. The van der Waals surface area contributed by atoms with Crippen molar-refractivity contribution < 1.29 is 19.4 Å². The lowest BCUT2D eigenvalue weighted by Gasteiger charge is -2.26. The minimum Gasteiger partial charge on any atom is -0.479 e. The summed E-state index contributed by atoms with van der Waals surface area (Å²) in [6, 6.07) is 0. The van der Waals surface area contributed by atoms with Gasteiger partial charge in [0.1, 0.15) is 0 Å². The summed E-state index contributed by atoms with van der Waals surface area (Å²) in [4.78, 5) is 23.5. The van der Waals surface area contributed by atoms with E-state index in [-0.39, 0.29) is 18.4 Å². The smallest absolute Gasteiger partial charge is 0.331 e. The van der Waals surface area contributed by atoms with Gasteiger partial charge in [0, 0.05) is 18.9 Å². The molecule has 2 unspecified atom stereocenters. The highest BCUT2D eigenvalue weighted by Gasteiger charge is 2.44. The number of amides is 1. The van der Waals surface area contributed by atoms with Crippen molar-refractivity contribution in [3.8, 4) is 0 Å². The van der Waals surface area contributed by atoms with Gasteiger partial charge in [0.25, 0.3) is 0 Å². The van der Waals surface area contributed by atoms with Crippen LogP contribution in [-0.2, 0) is 14.3 Å². The van der Waals surface area contributed by atoms with Gasteiger partial charge in [-0.25, -0.2) is 4.79 Å². The van der Waals surface area contributed by atoms with Crippen LogP contribution in [0.5, 0.6) is 0 Å². The molecule has 0 spiro atoms. The number of aliphatic carboxylic acids is 1. The summed E-state index contributed by atoms with van der Waals surface area (Å²) in [5, 5.41) is 12.0. The van der Waals surface area contributed by atoms with E-state index in [1.165, 1.54) is 25.7 Å². The number of nitrogens with one attached hydrogen (secondary N) is 1. The lowest BCUT2D eigenvalue weighted by Crippen LogP contribution is -2.56. The highest BCUT2D eigenvalue weighted by molar-refractivity contribution is 5.88. The van der Waals surface area contributed by atoms with E-state index in [1.54, 1.807) is 0 Å². The largest absolute Gasteiger partial charge is 0.479 e. The fourth-order valence-corrected chi connectivity index (χ4v) is 3.10. The Morgan fingerprint density at radius 3 is 2.63 bits per heavy atom. The minimum absolute atomic E-state index is 0.0736. The zero-order valence-electron chi connectivity index (χ0n) is 11.5. The highest BCUT2D eigenvalue weighted by atomic mass is 16.5. The zero-order chi connectivity index (χ0) is 13.9. The number of carbonyl (C=O) groups excluding carboxylic acids is 1. The number of rotatable bonds is 5. The van der Waals surface area contributed by atoms with E-state index < -0.39 is 11.5 Å². The first-order valence-electron chi connectivity index (χ1n) is 7.17. The van der Waals surface area contributed by atoms with Crippen molar-refractivity contribution in [2.75, 3.05) is 13.2 Å². The van der Waals surface area contributed by atoms with Crippen molar-refractivity contribution in [2.45, 2.75) is 51.0 Å². The Balaban J connectivity index is 1.89. The predicted octanol–water partition coefficient (Wildman–Crippen LogP) is 1.56. The molecule has 2 rings (SSSR count). The fourth-order valence-electron chi connectivity index (χ4n) is 3.10. The molecule has 5 nitrogen and oxygen atoms in total. The van der Waals surface area contributed by atoms with Crippen LogP contribution < -0.4 is 5.32 Å². The van der Waals surface area contributed by atoms with Gasteiger partial charge in [-0.1, -0.05) is 32.6 Å². The Morgan fingerprint density at radius 1 is 1.42 bits per heavy atom. The molecule has 0 bridgehead atoms. The number of carboxylic acid groups (broad SMARTS) is 1. The maximum Gasteiger partial charge on any atom is 0.331 e. The van der Waals surface area contributed by atoms with Crippen LogP contribution >= 0.6 is 0 Å². The van der Waals surface area contributed by atoms with Gasteiger partial charge >= 0.3 is 5.97 Å². The molecule has 1 amide bonds. The van der Waals surface area contributed by atoms with E-state index in [1.807, 2.05) is 6.92 Å². The third-order valence-corrected chi connectivity index (χ3v) is 4.40. The summed E-state index contributed by atoms with van der Waals surface area (Å²) in [5.41, 5.74) is -1.21. The van der Waals surface area contributed by atoms with Crippen LogP contribution in [0.25, 0.3) is 0 Å². The first-order chi connectivity index (χ1) is 9.03. The Kier molecular flexibility index (Phi) is 4.45. The summed E-state index contributed by atoms with van der Waals surface area (Å²) in [5.74, 6) is -0.646. The molecule has 1 saturated carbocycles. The molecule has 2 fully saturated rings. The van der Waals surface area contributed by atoms with Gasteiger partial charge in [-0.15, -0.1) is 0 Å². The second-order valence-corrected chi connectivity index (χ2v) is 5.97. The number of carbonyl (C=O) groups is 2. The standard InChI is InChI=1S/C14H23NO4/c1-10(8-11-4-2-3-5-11)12(16)15-14(13(17)18)6-7-19-9-14/h10-11H,2-9H2,1H3,(H,15,16)(H,17,18). The number of hydrogen-bond acceptors (Lipinski definition) is 3. The van der Waals surface area contributed by atoms with Gasteiger partial charge in [0.05, 0.1) is 6.61 Å². The quantitative estimate of drug-likeness (QED) is 0.794. The van der Waals surface area contributed by atoms with Gasteiger partial charge in [-0.2, -0.15) is 0 Å². The Bertz CT molecular complexity index is 343.